The fraction of sp³-hybridized carbons (Fsp3) is 0.417. The molecule has 0 heterocycles. The van der Waals surface area contributed by atoms with Crippen LogP contribution in [0.15, 0.2) is 18.2 Å². The molecule has 0 fully saturated rings. The topological polar surface area (TPSA) is 26.3 Å². The van der Waals surface area contributed by atoms with E-state index in [0.29, 0.717) is 12.0 Å². The fourth-order valence-corrected chi connectivity index (χ4v) is 1.51. The highest BCUT2D eigenvalue weighted by atomic mass is 19.1. The van der Waals surface area contributed by atoms with Crippen molar-refractivity contribution in [2.45, 2.75) is 19.8 Å². The van der Waals surface area contributed by atoms with Gasteiger partial charge in [-0.2, -0.15) is 0 Å². The van der Waals surface area contributed by atoms with Crippen molar-refractivity contribution in [2.75, 3.05) is 7.11 Å². The Kier molecular flexibility index (Phi) is 4.40. The molecule has 0 bridgehead atoms. The average molecular weight is 228 g/mol. The molecule has 0 spiro atoms. The summed E-state index contributed by atoms with van der Waals surface area (Å²) in [5.41, 5.74) is 0.332. The van der Waals surface area contributed by atoms with Crippen molar-refractivity contribution < 1.29 is 18.3 Å². The number of hydrogen-bond donors (Lipinski definition) is 0. The minimum absolute atomic E-state index is 0.231. The monoisotopic (exact) mass is 228 g/mol. The summed E-state index contributed by atoms with van der Waals surface area (Å²) in [6, 6.07) is 3.36. The van der Waals surface area contributed by atoms with E-state index in [1.807, 2.05) is 6.92 Å². The van der Waals surface area contributed by atoms with Crippen LogP contribution in [0, 0.1) is 17.6 Å². The van der Waals surface area contributed by atoms with E-state index in [4.69, 9.17) is 0 Å². The van der Waals surface area contributed by atoms with Crippen molar-refractivity contribution in [1.82, 2.24) is 0 Å². The zero-order valence-electron chi connectivity index (χ0n) is 9.30. The van der Waals surface area contributed by atoms with E-state index in [9.17, 15) is 13.6 Å². The summed E-state index contributed by atoms with van der Waals surface area (Å²) in [7, 11) is 1.30. The first kappa shape index (κ1) is 12.6. The lowest BCUT2D eigenvalue weighted by Gasteiger charge is -2.12. The van der Waals surface area contributed by atoms with Crippen LogP contribution < -0.4 is 0 Å². The molecule has 0 N–H and O–H groups in total. The Morgan fingerprint density at radius 1 is 1.44 bits per heavy atom. The lowest BCUT2D eigenvalue weighted by Crippen LogP contribution is -2.18. The molecule has 1 unspecified atom stereocenters. The number of methoxy groups -OCH3 is 1. The maximum absolute atomic E-state index is 13.3. The molecule has 0 saturated heterocycles. The van der Waals surface area contributed by atoms with Crippen molar-refractivity contribution in [2.24, 2.45) is 5.92 Å². The van der Waals surface area contributed by atoms with Crippen LogP contribution in [0.2, 0.25) is 0 Å². The van der Waals surface area contributed by atoms with Gasteiger partial charge in [-0.05, 0) is 24.5 Å². The third-order valence-corrected chi connectivity index (χ3v) is 2.51. The van der Waals surface area contributed by atoms with Gasteiger partial charge < -0.3 is 4.74 Å². The van der Waals surface area contributed by atoms with Crippen LogP contribution >= 0.6 is 0 Å². The lowest BCUT2D eigenvalue weighted by molar-refractivity contribution is -0.145. The Morgan fingerprint density at radius 2 is 2.12 bits per heavy atom. The molecule has 2 nitrogen and oxygen atoms in total. The minimum Gasteiger partial charge on any atom is -0.469 e. The number of benzene rings is 1. The van der Waals surface area contributed by atoms with Crippen molar-refractivity contribution in [1.29, 1.82) is 0 Å². The Hall–Kier alpha value is -1.45. The van der Waals surface area contributed by atoms with Crippen molar-refractivity contribution in [3.05, 3.63) is 35.4 Å². The van der Waals surface area contributed by atoms with Gasteiger partial charge in [-0.3, -0.25) is 4.79 Å². The molecule has 0 aliphatic rings. The van der Waals surface area contributed by atoms with E-state index in [0.717, 1.165) is 6.07 Å². The number of halogens is 2. The molecule has 0 aliphatic heterocycles. The molecule has 0 aromatic heterocycles. The normalized spacial score (nSPS) is 12.2. The molecule has 1 atom stereocenters. The zero-order chi connectivity index (χ0) is 12.1. The molecule has 0 radical (unpaired) electrons. The van der Waals surface area contributed by atoms with Crippen LogP contribution in [-0.4, -0.2) is 13.1 Å². The number of rotatable bonds is 4. The molecule has 16 heavy (non-hydrogen) atoms. The summed E-state index contributed by atoms with van der Waals surface area (Å²) in [6.45, 7) is 1.82. The molecule has 0 saturated carbocycles. The highest BCUT2D eigenvalue weighted by Gasteiger charge is 2.19. The molecule has 4 heteroatoms. The molecule has 1 aromatic carbocycles. The molecule has 1 rings (SSSR count). The van der Waals surface area contributed by atoms with E-state index in [1.54, 1.807) is 0 Å². The molecule has 88 valence electrons. The fourth-order valence-electron chi connectivity index (χ4n) is 1.51. The summed E-state index contributed by atoms with van der Waals surface area (Å²) < 4.78 is 30.6. The van der Waals surface area contributed by atoms with Crippen molar-refractivity contribution in [3.63, 3.8) is 0 Å². The van der Waals surface area contributed by atoms with Gasteiger partial charge in [0.05, 0.1) is 13.0 Å². The summed E-state index contributed by atoms with van der Waals surface area (Å²) in [5, 5.41) is 0. The third-order valence-electron chi connectivity index (χ3n) is 2.51. The Labute approximate surface area is 93.2 Å². The maximum Gasteiger partial charge on any atom is 0.308 e. The number of ether oxygens (including phenoxy) is 1. The van der Waals surface area contributed by atoms with E-state index in [-0.39, 0.29) is 18.3 Å². The summed E-state index contributed by atoms with van der Waals surface area (Å²) in [5.74, 6) is -1.99. The molecule has 1 aromatic rings. The van der Waals surface area contributed by atoms with Crippen molar-refractivity contribution >= 4 is 5.97 Å². The summed E-state index contributed by atoms with van der Waals surface area (Å²) >= 11 is 0. The summed E-state index contributed by atoms with van der Waals surface area (Å²) in [4.78, 5) is 11.3. The van der Waals surface area contributed by atoms with Crippen molar-refractivity contribution in [3.8, 4) is 0 Å². The van der Waals surface area contributed by atoms with E-state index in [2.05, 4.69) is 4.74 Å². The highest BCUT2D eigenvalue weighted by Crippen LogP contribution is 2.17. The van der Waals surface area contributed by atoms with Gasteiger partial charge in [0.25, 0.3) is 0 Å². The Bertz CT molecular complexity index is 377. The highest BCUT2D eigenvalue weighted by molar-refractivity contribution is 5.72. The predicted molar refractivity (Wildman–Crippen MR) is 55.9 cm³/mol. The second-order valence-corrected chi connectivity index (χ2v) is 3.57. The van der Waals surface area contributed by atoms with E-state index in [1.165, 1.54) is 19.2 Å². The second kappa shape index (κ2) is 5.58. The van der Waals surface area contributed by atoms with Crippen LogP contribution in [0.25, 0.3) is 0 Å². The van der Waals surface area contributed by atoms with Crippen LogP contribution in [0.5, 0.6) is 0 Å². The van der Waals surface area contributed by atoms with Gasteiger partial charge in [0.1, 0.15) is 11.6 Å². The minimum atomic E-state index is -0.623. The molecular formula is C12H14F2O2. The standard InChI is InChI=1S/C12H14F2O2/c1-3-8(12(15)16-2)6-9-4-5-10(13)7-11(9)14/h4-5,7-8H,3,6H2,1-2H3. The van der Waals surface area contributed by atoms with Gasteiger partial charge >= 0.3 is 5.97 Å². The molecule has 0 amide bonds. The van der Waals surface area contributed by atoms with Gasteiger partial charge in [-0.15, -0.1) is 0 Å². The number of hydrogen-bond acceptors (Lipinski definition) is 2. The van der Waals surface area contributed by atoms with Gasteiger partial charge in [-0.25, -0.2) is 8.78 Å². The van der Waals surface area contributed by atoms with E-state index < -0.39 is 11.6 Å². The SMILES string of the molecule is CCC(Cc1ccc(F)cc1F)C(=O)OC. The molecular weight excluding hydrogens is 214 g/mol. The smallest absolute Gasteiger partial charge is 0.308 e. The summed E-state index contributed by atoms with van der Waals surface area (Å²) in [6.07, 6.45) is 0.790. The Balaban J connectivity index is 2.82. The average Bonchev–Trinajstić information content (AvgIpc) is 2.27. The van der Waals surface area contributed by atoms with Crippen LogP contribution in [0.4, 0.5) is 8.78 Å². The maximum atomic E-state index is 13.3. The first-order valence-corrected chi connectivity index (χ1v) is 5.10. The molecule has 0 aliphatic carbocycles. The zero-order valence-corrected chi connectivity index (χ0v) is 9.30. The van der Waals surface area contributed by atoms with Crippen LogP contribution in [-0.2, 0) is 16.0 Å². The van der Waals surface area contributed by atoms with E-state index >= 15 is 0 Å². The van der Waals surface area contributed by atoms with Gasteiger partial charge in [0, 0.05) is 6.07 Å². The Morgan fingerprint density at radius 3 is 2.62 bits per heavy atom. The number of carbonyl (C=O) groups excluding carboxylic acids is 1. The van der Waals surface area contributed by atoms with Crippen LogP contribution in [0.1, 0.15) is 18.9 Å². The van der Waals surface area contributed by atoms with Gasteiger partial charge in [-0.1, -0.05) is 13.0 Å². The third kappa shape index (κ3) is 3.02. The van der Waals surface area contributed by atoms with Crippen LogP contribution in [0.3, 0.4) is 0 Å². The number of carbonyl (C=O) groups is 1. The lowest BCUT2D eigenvalue weighted by atomic mass is 9.97. The predicted octanol–water partition coefficient (Wildman–Crippen LogP) is 2.71. The first-order valence-electron chi connectivity index (χ1n) is 5.10. The number of esters is 1. The quantitative estimate of drug-likeness (QED) is 0.740. The van der Waals surface area contributed by atoms with Gasteiger partial charge in [0.2, 0.25) is 0 Å². The first-order chi connectivity index (χ1) is 7.58. The van der Waals surface area contributed by atoms with Gasteiger partial charge in [0.15, 0.2) is 0 Å². The largest absolute Gasteiger partial charge is 0.469 e. The second-order valence-electron chi connectivity index (χ2n) is 3.57.